The largest absolute Gasteiger partial charge is 0.374 e. The molecule has 28 heavy (non-hydrogen) atoms. The number of hydrogen-bond acceptors (Lipinski definition) is 4. The molecule has 1 heterocycles. The number of benzene rings is 2. The molecule has 1 amide bonds. The molecule has 0 aliphatic carbocycles. The Kier molecular flexibility index (Phi) is 5.93. The van der Waals surface area contributed by atoms with Crippen LogP contribution in [0.3, 0.4) is 0 Å². The second-order valence-corrected chi connectivity index (χ2v) is 9.40. The number of anilines is 3. The minimum atomic E-state index is -3.19. The number of carbonyl (C=O) groups excluding carboxylic acids is 1. The van der Waals surface area contributed by atoms with Crippen LogP contribution in [0.25, 0.3) is 0 Å². The molecule has 2 N–H and O–H groups in total. The Bertz CT molecular complexity index is 940. The first-order valence-corrected chi connectivity index (χ1v) is 11.2. The van der Waals surface area contributed by atoms with Crippen LogP contribution < -0.4 is 14.9 Å². The van der Waals surface area contributed by atoms with Crippen molar-refractivity contribution < 1.29 is 13.2 Å². The highest BCUT2D eigenvalue weighted by atomic mass is 32.2. The van der Waals surface area contributed by atoms with Crippen LogP contribution in [0.1, 0.15) is 38.7 Å². The van der Waals surface area contributed by atoms with Crippen molar-refractivity contribution in [3.63, 3.8) is 0 Å². The fraction of sp³-hybridized carbons (Fsp3) is 0.381. The van der Waals surface area contributed by atoms with Crippen molar-refractivity contribution in [2.24, 2.45) is 0 Å². The van der Waals surface area contributed by atoms with E-state index in [0.717, 1.165) is 16.9 Å². The van der Waals surface area contributed by atoms with Gasteiger partial charge in [-0.1, -0.05) is 32.0 Å². The van der Waals surface area contributed by atoms with Gasteiger partial charge in [0.2, 0.25) is 15.9 Å². The molecule has 0 aromatic heterocycles. The number of nitrogens with zero attached hydrogens (tertiary/aromatic N) is 1. The Labute approximate surface area is 167 Å². The van der Waals surface area contributed by atoms with E-state index in [4.69, 9.17) is 0 Å². The molecule has 0 spiro atoms. The van der Waals surface area contributed by atoms with E-state index < -0.39 is 16.1 Å². The highest BCUT2D eigenvalue weighted by molar-refractivity contribution is 7.93. The summed E-state index contributed by atoms with van der Waals surface area (Å²) in [6.45, 7) is 6.50. The van der Waals surface area contributed by atoms with Gasteiger partial charge >= 0.3 is 0 Å². The summed E-state index contributed by atoms with van der Waals surface area (Å²) in [5, 5.41) is 6.16. The van der Waals surface area contributed by atoms with Gasteiger partial charge < -0.3 is 10.6 Å². The number of carbonyl (C=O) groups is 1. The molecule has 0 unspecified atom stereocenters. The number of hydrogen-bond donors (Lipinski definition) is 2. The number of rotatable bonds is 6. The lowest BCUT2D eigenvalue weighted by molar-refractivity contribution is -0.116. The van der Waals surface area contributed by atoms with Gasteiger partial charge in [0.05, 0.1) is 11.4 Å². The van der Waals surface area contributed by atoms with Crippen LogP contribution in [0.15, 0.2) is 48.5 Å². The van der Waals surface area contributed by atoms with Gasteiger partial charge in [-0.3, -0.25) is 9.10 Å². The van der Waals surface area contributed by atoms with Gasteiger partial charge in [-0.25, -0.2) is 8.42 Å². The summed E-state index contributed by atoms with van der Waals surface area (Å²) in [4.78, 5) is 12.6. The summed E-state index contributed by atoms with van der Waals surface area (Å²) in [6, 6.07) is 14.5. The molecule has 1 saturated heterocycles. The summed E-state index contributed by atoms with van der Waals surface area (Å²) >= 11 is 0. The maximum Gasteiger partial charge on any atom is 0.246 e. The van der Waals surface area contributed by atoms with Crippen LogP contribution in [0.2, 0.25) is 0 Å². The molecule has 1 atom stereocenters. The third-order valence-electron chi connectivity index (χ3n) is 4.87. The number of sulfonamides is 1. The third kappa shape index (κ3) is 4.47. The summed E-state index contributed by atoms with van der Waals surface area (Å²) in [5.74, 6) is 0.385. The predicted molar refractivity (Wildman–Crippen MR) is 114 cm³/mol. The van der Waals surface area contributed by atoms with Crippen molar-refractivity contribution in [1.29, 1.82) is 0 Å². The molecule has 2 aromatic carbocycles. The van der Waals surface area contributed by atoms with Gasteiger partial charge in [0.1, 0.15) is 6.04 Å². The molecule has 1 aliphatic heterocycles. The van der Waals surface area contributed by atoms with E-state index in [9.17, 15) is 13.2 Å². The Morgan fingerprint density at radius 2 is 1.71 bits per heavy atom. The zero-order valence-electron chi connectivity index (χ0n) is 16.5. The normalized spacial score (nSPS) is 16.8. The third-order valence-corrected chi connectivity index (χ3v) is 6.74. The molecular weight excluding hydrogens is 374 g/mol. The van der Waals surface area contributed by atoms with Gasteiger partial charge in [-0.2, -0.15) is 0 Å². The van der Waals surface area contributed by atoms with E-state index in [1.807, 2.05) is 24.3 Å². The quantitative estimate of drug-likeness (QED) is 0.772. The molecular formula is C21H27N3O3S. The smallest absolute Gasteiger partial charge is 0.246 e. The van der Waals surface area contributed by atoms with Crippen LogP contribution in [-0.2, 0) is 14.8 Å². The second kappa shape index (κ2) is 8.22. The molecule has 0 saturated carbocycles. The van der Waals surface area contributed by atoms with Crippen LogP contribution in [-0.4, -0.2) is 32.7 Å². The van der Waals surface area contributed by atoms with E-state index in [-0.39, 0.29) is 11.7 Å². The molecule has 2 aromatic rings. The first-order chi connectivity index (χ1) is 13.3. The minimum absolute atomic E-state index is 0.126. The number of nitrogens with one attached hydrogen (secondary N) is 2. The van der Waals surface area contributed by atoms with Crippen molar-refractivity contribution in [3.8, 4) is 0 Å². The van der Waals surface area contributed by atoms with Gasteiger partial charge in [0.25, 0.3) is 0 Å². The maximum absolute atomic E-state index is 12.6. The van der Waals surface area contributed by atoms with Crippen molar-refractivity contribution in [1.82, 2.24) is 0 Å². The minimum Gasteiger partial charge on any atom is -0.374 e. The van der Waals surface area contributed by atoms with Crippen molar-refractivity contribution in [3.05, 3.63) is 54.1 Å². The van der Waals surface area contributed by atoms with Crippen molar-refractivity contribution in [2.75, 3.05) is 27.2 Å². The molecule has 0 bridgehead atoms. The summed E-state index contributed by atoms with van der Waals surface area (Å²) in [5.41, 5.74) is 3.34. The number of amides is 1. The van der Waals surface area contributed by atoms with Crippen LogP contribution in [0.4, 0.5) is 17.1 Å². The Balaban J connectivity index is 1.65. The first-order valence-electron chi connectivity index (χ1n) is 9.55. The highest BCUT2D eigenvalue weighted by Crippen LogP contribution is 2.26. The second-order valence-electron chi connectivity index (χ2n) is 7.39. The van der Waals surface area contributed by atoms with Crippen molar-refractivity contribution in [2.45, 2.75) is 39.2 Å². The molecule has 1 fully saturated rings. The van der Waals surface area contributed by atoms with Crippen LogP contribution in [0.5, 0.6) is 0 Å². The fourth-order valence-corrected chi connectivity index (χ4v) is 4.89. The first kappa shape index (κ1) is 20.2. The molecule has 1 aliphatic rings. The van der Waals surface area contributed by atoms with E-state index in [1.54, 1.807) is 31.2 Å². The Hall–Kier alpha value is -2.54. The van der Waals surface area contributed by atoms with Gasteiger partial charge in [-0.15, -0.1) is 0 Å². The summed E-state index contributed by atoms with van der Waals surface area (Å²) in [7, 11) is -3.19. The molecule has 6 nitrogen and oxygen atoms in total. The maximum atomic E-state index is 12.6. The van der Waals surface area contributed by atoms with Gasteiger partial charge in [0, 0.05) is 17.9 Å². The van der Waals surface area contributed by atoms with Crippen LogP contribution in [0, 0.1) is 0 Å². The SMILES string of the molecule is CC(C)c1ccccc1NC(=O)[C@H](C)Nc1ccc(N2CCCS2(=O)=O)cc1. The lowest BCUT2D eigenvalue weighted by Crippen LogP contribution is -2.32. The van der Waals surface area contributed by atoms with E-state index in [2.05, 4.69) is 24.5 Å². The fourth-order valence-electron chi connectivity index (χ4n) is 3.32. The Morgan fingerprint density at radius 3 is 2.32 bits per heavy atom. The Morgan fingerprint density at radius 1 is 1.04 bits per heavy atom. The van der Waals surface area contributed by atoms with Gasteiger partial charge in [0.15, 0.2) is 0 Å². The molecule has 3 rings (SSSR count). The predicted octanol–water partition coefficient (Wildman–Crippen LogP) is 3.79. The van der Waals surface area contributed by atoms with Crippen molar-refractivity contribution >= 4 is 33.0 Å². The molecule has 7 heteroatoms. The standard InChI is InChI=1S/C21H27N3O3S/c1-15(2)19-7-4-5-8-20(19)23-21(25)16(3)22-17-9-11-18(12-10-17)24-13-6-14-28(24,26)27/h4-5,7-12,15-16,22H,6,13-14H2,1-3H3,(H,23,25)/t16-/m0/s1. The van der Waals surface area contributed by atoms with E-state index >= 15 is 0 Å². The average molecular weight is 402 g/mol. The summed E-state index contributed by atoms with van der Waals surface area (Å²) < 4.78 is 25.5. The average Bonchev–Trinajstić information content (AvgIpc) is 3.01. The lowest BCUT2D eigenvalue weighted by Gasteiger charge is -2.20. The molecule has 150 valence electrons. The van der Waals surface area contributed by atoms with E-state index in [1.165, 1.54) is 4.31 Å². The lowest BCUT2D eigenvalue weighted by atomic mass is 10.0. The zero-order chi connectivity index (χ0) is 20.3. The highest BCUT2D eigenvalue weighted by Gasteiger charge is 2.28. The van der Waals surface area contributed by atoms with Crippen LogP contribution >= 0.6 is 0 Å². The molecule has 0 radical (unpaired) electrons. The summed E-state index contributed by atoms with van der Waals surface area (Å²) in [6.07, 6.45) is 0.650. The number of para-hydroxylation sites is 1. The van der Waals surface area contributed by atoms with E-state index in [0.29, 0.717) is 24.6 Å². The van der Waals surface area contributed by atoms with Gasteiger partial charge in [-0.05, 0) is 55.2 Å². The monoisotopic (exact) mass is 401 g/mol. The zero-order valence-corrected chi connectivity index (χ0v) is 17.3. The topological polar surface area (TPSA) is 78.5 Å².